The average Bonchev–Trinajstić information content (AvgIpc) is 3.08. The molecule has 0 spiro atoms. The van der Waals surface area contributed by atoms with Crippen molar-refractivity contribution in [3.8, 4) is 10.8 Å². The number of nitrogens with zero attached hydrogens (tertiary/aromatic N) is 2. The van der Waals surface area contributed by atoms with Crippen molar-refractivity contribution in [2.75, 3.05) is 5.73 Å². The van der Waals surface area contributed by atoms with E-state index in [1.807, 2.05) is 12.3 Å². The van der Waals surface area contributed by atoms with Gasteiger partial charge in [0.05, 0.1) is 5.69 Å². The number of aromatic nitrogens is 2. The maximum absolute atomic E-state index is 6.04. The van der Waals surface area contributed by atoms with Crippen molar-refractivity contribution >= 4 is 17.0 Å². The van der Waals surface area contributed by atoms with Crippen LogP contribution in [0.15, 0.2) is 9.90 Å². The SMILES string of the molecule is CCC1CCC(c2noc(-c3scc(C)c3N)n2)CC1. The highest BCUT2D eigenvalue weighted by Crippen LogP contribution is 2.38. The van der Waals surface area contributed by atoms with Gasteiger partial charge in [0.15, 0.2) is 5.82 Å². The van der Waals surface area contributed by atoms with Crippen molar-refractivity contribution in [2.45, 2.75) is 51.9 Å². The van der Waals surface area contributed by atoms with Gasteiger partial charge >= 0.3 is 0 Å². The van der Waals surface area contributed by atoms with E-state index in [0.29, 0.717) is 11.8 Å². The molecule has 0 saturated heterocycles. The lowest BCUT2D eigenvalue weighted by atomic mass is 9.80. The van der Waals surface area contributed by atoms with E-state index in [2.05, 4.69) is 17.1 Å². The summed E-state index contributed by atoms with van der Waals surface area (Å²) in [5.41, 5.74) is 7.88. The van der Waals surface area contributed by atoms with Crippen LogP contribution >= 0.6 is 11.3 Å². The third-order valence-corrected chi connectivity index (χ3v) is 5.55. The van der Waals surface area contributed by atoms with E-state index in [-0.39, 0.29) is 0 Å². The summed E-state index contributed by atoms with van der Waals surface area (Å²) >= 11 is 1.57. The first kappa shape index (κ1) is 13.6. The summed E-state index contributed by atoms with van der Waals surface area (Å²) in [6.45, 7) is 4.28. The van der Waals surface area contributed by atoms with Crippen LogP contribution in [0.5, 0.6) is 0 Å². The number of aryl methyl sites for hydroxylation is 1. The fourth-order valence-electron chi connectivity index (χ4n) is 2.94. The Morgan fingerprint density at radius 1 is 1.35 bits per heavy atom. The van der Waals surface area contributed by atoms with Crippen molar-refractivity contribution in [3.63, 3.8) is 0 Å². The molecule has 0 aromatic carbocycles. The number of nitrogen functional groups attached to an aromatic ring is 1. The molecule has 1 fully saturated rings. The monoisotopic (exact) mass is 291 g/mol. The summed E-state index contributed by atoms with van der Waals surface area (Å²) in [5.74, 6) is 2.78. The molecule has 2 aromatic heterocycles. The van der Waals surface area contributed by atoms with Gasteiger partial charge in [0.2, 0.25) is 0 Å². The molecule has 20 heavy (non-hydrogen) atoms. The van der Waals surface area contributed by atoms with Gasteiger partial charge in [-0.05, 0) is 49.5 Å². The van der Waals surface area contributed by atoms with Gasteiger partial charge in [0.1, 0.15) is 4.88 Å². The Balaban J connectivity index is 1.76. The summed E-state index contributed by atoms with van der Waals surface area (Å²) in [6.07, 6.45) is 6.21. The van der Waals surface area contributed by atoms with Crippen LogP contribution in [0.4, 0.5) is 5.69 Å². The predicted octanol–water partition coefficient (Wildman–Crippen LogP) is 4.37. The molecule has 5 heteroatoms. The van der Waals surface area contributed by atoms with E-state index >= 15 is 0 Å². The largest absolute Gasteiger partial charge is 0.397 e. The average molecular weight is 291 g/mol. The molecule has 1 saturated carbocycles. The standard InChI is InChI=1S/C15H21N3OS/c1-3-10-4-6-11(7-5-10)14-17-15(19-18-14)13-12(16)9(2)8-20-13/h8,10-11H,3-7,16H2,1-2H3. The van der Waals surface area contributed by atoms with E-state index in [9.17, 15) is 0 Å². The predicted molar refractivity (Wildman–Crippen MR) is 81.8 cm³/mol. The van der Waals surface area contributed by atoms with Crippen LogP contribution < -0.4 is 5.73 Å². The Morgan fingerprint density at radius 3 is 2.70 bits per heavy atom. The van der Waals surface area contributed by atoms with Crippen molar-refractivity contribution in [1.82, 2.24) is 10.1 Å². The molecule has 0 unspecified atom stereocenters. The van der Waals surface area contributed by atoms with E-state index in [1.165, 1.54) is 32.1 Å². The maximum Gasteiger partial charge on any atom is 0.270 e. The smallest absolute Gasteiger partial charge is 0.270 e. The Hall–Kier alpha value is -1.36. The highest BCUT2D eigenvalue weighted by atomic mass is 32.1. The van der Waals surface area contributed by atoms with Crippen LogP contribution in [0.1, 0.15) is 56.3 Å². The molecule has 3 rings (SSSR count). The van der Waals surface area contributed by atoms with Gasteiger partial charge in [-0.15, -0.1) is 11.3 Å². The van der Waals surface area contributed by atoms with E-state index < -0.39 is 0 Å². The lowest BCUT2D eigenvalue weighted by molar-refractivity contribution is 0.305. The molecular weight excluding hydrogens is 270 g/mol. The van der Waals surface area contributed by atoms with Gasteiger partial charge in [0.25, 0.3) is 5.89 Å². The third-order valence-electron chi connectivity index (χ3n) is 4.45. The third kappa shape index (κ3) is 2.46. The zero-order chi connectivity index (χ0) is 14.1. The Kier molecular flexibility index (Phi) is 3.78. The van der Waals surface area contributed by atoms with Gasteiger partial charge in [-0.25, -0.2) is 0 Å². The Morgan fingerprint density at radius 2 is 2.10 bits per heavy atom. The molecule has 0 bridgehead atoms. The minimum Gasteiger partial charge on any atom is -0.397 e. The van der Waals surface area contributed by atoms with Gasteiger partial charge in [-0.2, -0.15) is 4.98 Å². The molecule has 0 radical (unpaired) electrons. The fraction of sp³-hybridized carbons (Fsp3) is 0.600. The zero-order valence-corrected chi connectivity index (χ0v) is 12.9. The first-order valence-corrected chi connectivity index (χ1v) is 8.24. The van der Waals surface area contributed by atoms with Crippen molar-refractivity contribution in [3.05, 3.63) is 16.8 Å². The first-order valence-electron chi connectivity index (χ1n) is 7.36. The number of nitrogens with two attached hydrogens (primary N) is 1. The number of rotatable bonds is 3. The summed E-state index contributed by atoms with van der Waals surface area (Å²) in [6, 6.07) is 0. The fourth-order valence-corrected chi connectivity index (χ4v) is 3.83. The molecule has 0 aliphatic heterocycles. The Labute approximate surface area is 123 Å². The number of anilines is 1. The molecular formula is C15H21N3OS. The van der Waals surface area contributed by atoms with Gasteiger partial charge < -0.3 is 10.3 Å². The van der Waals surface area contributed by atoms with Gasteiger partial charge in [-0.3, -0.25) is 0 Å². The maximum atomic E-state index is 6.04. The first-order chi connectivity index (χ1) is 9.69. The highest BCUT2D eigenvalue weighted by Gasteiger charge is 2.26. The van der Waals surface area contributed by atoms with Crippen LogP contribution in [0.25, 0.3) is 10.8 Å². The van der Waals surface area contributed by atoms with Crippen molar-refractivity contribution in [2.24, 2.45) is 5.92 Å². The molecule has 2 aromatic rings. The summed E-state index contributed by atoms with van der Waals surface area (Å²) in [7, 11) is 0. The number of hydrogen-bond donors (Lipinski definition) is 1. The Bertz CT molecular complexity index is 582. The van der Waals surface area contributed by atoms with E-state index in [4.69, 9.17) is 10.3 Å². The molecule has 2 heterocycles. The minimum absolute atomic E-state index is 0.456. The molecule has 0 atom stereocenters. The van der Waals surface area contributed by atoms with Gasteiger partial charge in [0, 0.05) is 5.92 Å². The lowest BCUT2D eigenvalue weighted by Crippen LogP contribution is -2.13. The summed E-state index contributed by atoms with van der Waals surface area (Å²) < 4.78 is 5.42. The molecule has 0 amide bonds. The van der Waals surface area contributed by atoms with Crippen LogP contribution in [0, 0.1) is 12.8 Å². The summed E-state index contributed by atoms with van der Waals surface area (Å²) in [4.78, 5) is 5.49. The van der Waals surface area contributed by atoms with Gasteiger partial charge in [-0.1, -0.05) is 18.5 Å². The van der Waals surface area contributed by atoms with Crippen LogP contribution in [-0.2, 0) is 0 Å². The molecule has 4 nitrogen and oxygen atoms in total. The molecule has 2 N–H and O–H groups in total. The van der Waals surface area contributed by atoms with E-state index in [1.54, 1.807) is 11.3 Å². The van der Waals surface area contributed by atoms with Crippen molar-refractivity contribution in [1.29, 1.82) is 0 Å². The highest BCUT2D eigenvalue weighted by molar-refractivity contribution is 7.14. The van der Waals surface area contributed by atoms with Crippen LogP contribution in [0.3, 0.4) is 0 Å². The van der Waals surface area contributed by atoms with Crippen LogP contribution in [-0.4, -0.2) is 10.1 Å². The normalized spacial score (nSPS) is 23.1. The number of hydrogen-bond acceptors (Lipinski definition) is 5. The molecule has 108 valence electrons. The minimum atomic E-state index is 0.456. The molecule has 1 aliphatic rings. The quantitative estimate of drug-likeness (QED) is 0.911. The lowest BCUT2D eigenvalue weighted by Gasteiger charge is -2.25. The van der Waals surface area contributed by atoms with Crippen molar-refractivity contribution < 1.29 is 4.52 Å². The topological polar surface area (TPSA) is 64.9 Å². The second-order valence-electron chi connectivity index (χ2n) is 5.75. The zero-order valence-electron chi connectivity index (χ0n) is 12.1. The second-order valence-corrected chi connectivity index (χ2v) is 6.62. The summed E-state index contributed by atoms with van der Waals surface area (Å²) in [5, 5.41) is 6.21. The second kappa shape index (κ2) is 5.56. The number of thiophene rings is 1. The van der Waals surface area contributed by atoms with E-state index in [0.717, 1.165) is 27.9 Å². The van der Waals surface area contributed by atoms with Crippen LogP contribution in [0.2, 0.25) is 0 Å². The molecule has 1 aliphatic carbocycles.